The van der Waals surface area contributed by atoms with E-state index in [4.69, 9.17) is 4.74 Å². The predicted octanol–water partition coefficient (Wildman–Crippen LogP) is 5.69. The normalized spacial score (nSPS) is 21.1. The second-order valence-electron chi connectivity index (χ2n) is 9.09. The molecule has 9 heteroatoms. The van der Waals surface area contributed by atoms with E-state index >= 15 is 0 Å². The minimum Gasteiger partial charge on any atom is -0.492 e. The molecule has 0 saturated heterocycles. The third kappa shape index (κ3) is 5.68. The van der Waals surface area contributed by atoms with Gasteiger partial charge in [-0.25, -0.2) is 4.79 Å². The Hall–Kier alpha value is -2.68. The number of fused-ring (bicyclic) bond motifs is 1. The fourth-order valence-electron chi connectivity index (χ4n) is 3.83. The highest BCUT2D eigenvalue weighted by molar-refractivity contribution is 8.04. The predicted molar refractivity (Wildman–Crippen MR) is 125 cm³/mol. The Labute approximate surface area is 201 Å². The maximum Gasteiger partial charge on any atom is 0.416 e. The van der Waals surface area contributed by atoms with Crippen LogP contribution in [-0.4, -0.2) is 28.3 Å². The molecule has 3 unspecified atom stereocenters. The summed E-state index contributed by atoms with van der Waals surface area (Å²) in [5.41, 5.74) is -0.685. The highest BCUT2D eigenvalue weighted by Gasteiger charge is 2.39. The number of hydrogen-bond donors (Lipinski definition) is 2. The van der Waals surface area contributed by atoms with E-state index < -0.39 is 35.1 Å². The maximum absolute atomic E-state index is 13.2. The van der Waals surface area contributed by atoms with Crippen molar-refractivity contribution in [1.29, 1.82) is 0 Å². The number of allylic oxidation sites excluding steroid dienone is 2. The van der Waals surface area contributed by atoms with E-state index in [1.54, 1.807) is 31.7 Å². The van der Waals surface area contributed by atoms with Crippen LogP contribution in [0, 0.1) is 11.3 Å². The largest absolute Gasteiger partial charge is 0.492 e. The molecule has 2 aliphatic rings. The fourth-order valence-corrected chi connectivity index (χ4v) is 4.99. The van der Waals surface area contributed by atoms with Crippen LogP contribution in [0.2, 0.25) is 0 Å². The molecule has 1 aliphatic carbocycles. The molecule has 1 amide bonds. The Morgan fingerprint density at radius 1 is 1.21 bits per heavy atom. The van der Waals surface area contributed by atoms with Crippen molar-refractivity contribution in [3.8, 4) is 0 Å². The molecule has 3 rings (SSSR count). The lowest BCUT2D eigenvalue weighted by molar-refractivity contribution is -0.144. The van der Waals surface area contributed by atoms with Crippen molar-refractivity contribution in [3.05, 3.63) is 69.9 Å². The minimum atomic E-state index is -4.43. The Bertz CT molecular complexity index is 1040. The molecule has 3 atom stereocenters. The van der Waals surface area contributed by atoms with Crippen molar-refractivity contribution in [3.63, 3.8) is 0 Å². The molecule has 2 N–H and O–H groups in total. The van der Waals surface area contributed by atoms with Crippen LogP contribution >= 0.6 is 11.8 Å². The number of benzene rings is 1. The van der Waals surface area contributed by atoms with E-state index in [-0.39, 0.29) is 23.3 Å². The van der Waals surface area contributed by atoms with E-state index in [0.29, 0.717) is 17.7 Å². The summed E-state index contributed by atoms with van der Waals surface area (Å²) in [5, 5.41) is 12.4. The van der Waals surface area contributed by atoms with E-state index in [9.17, 15) is 27.9 Å². The zero-order valence-electron chi connectivity index (χ0n) is 19.4. The SMILES string of the molecule is CCC(C)(C)C(NC(=O)C1=C(OCc2ccc(C(F)(F)F)cc2)C2C=C(C)SC2C=C1)C(=O)O. The standard InChI is InChI=1S/C25H28F3NO4S/c1-5-24(3,4)21(23(31)32)29-22(30)17-10-11-19-18(12-14(2)34-19)20(17)33-13-15-6-8-16(9-7-15)25(26,27)28/h6-12,18-19,21H,5,13H2,1-4H3,(H,29,30)(H,31,32). The zero-order chi connectivity index (χ0) is 25.3. The molecule has 34 heavy (non-hydrogen) atoms. The van der Waals surface area contributed by atoms with Crippen molar-refractivity contribution in [2.45, 2.75) is 58.2 Å². The highest BCUT2D eigenvalue weighted by atomic mass is 32.2. The molecule has 0 spiro atoms. The van der Waals surface area contributed by atoms with Crippen LogP contribution in [0.5, 0.6) is 0 Å². The molecule has 1 aliphatic heterocycles. The van der Waals surface area contributed by atoms with Gasteiger partial charge in [0, 0.05) is 5.25 Å². The number of ether oxygens (including phenoxy) is 1. The monoisotopic (exact) mass is 495 g/mol. The van der Waals surface area contributed by atoms with Crippen molar-refractivity contribution < 1.29 is 32.6 Å². The number of hydrogen-bond acceptors (Lipinski definition) is 4. The second kappa shape index (κ2) is 9.90. The van der Waals surface area contributed by atoms with Crippen LogP contribution in [0.15, 0.2) is 58.7 Å². The molecular weight excluding hydrogens is 467 g/mol. The molecular formula is C25H28F3NO4S. The summed E-state index contributed by atoms with van der Waals surface area (Å²) in [6, 6.07) is 3.56. The molecule has 0 saturated carbocycles. The molecule has 0 radical (unpaired) electrons. The van der Waals surface area contributed by atoms with Crippen LogP contribution in [0.1, 0.15) is 45.2 Å². The number of carboxylic acids is 1. The number of rotatable bonds is 8. The Kier molecular flexibility index (Phi) is 7.55. The van der Waals surface area contributed by atoms with Gasteiger partial charge in [-0.1, -0.05) is 45.1 Å². The van der Waals surface area contributed by atoms with Gasteiger partial charge in [-0.15, -0.1) is 11.8 Å². The van der Waals surface area contributed by atoms with Crippen LogP contribution in [-0.2, 0) is 27.1 Å². The van der Waals surface area contributed by atoms with Crippen LogP contribution in [0.25, 0.3) is 0 Å². The third-order valence-electron chi connectivity index (χ3n) is 6.25. The number of thioether (sulfide) groups is 1. The molecule has 0 aromatic heterocycles. The van der Waals surface area contributed by atoms with Crippen LogP contribution < -0.4 is 5.32 Å². The molecule has 5 nitrogen and oxygen atoms in total. The minimum absolute atomic E-state index is 0.0261. The number of carboxylic acid groups (broad SMARTS) is 1. The summed E-state index contributed by atoms with van der Waals surface area (Å²) < 4.78 is 44.6. The van der Waals surface area contributed by atoms with Crippen LogP contribution in [0.4, 0.5) is 13.2 Å². The van der Waals surface area contributed by atoms with Gasteiger partial charge >= 0.3 is 12.1 Å². The summed E-state index contributed by atoms with van der Waals surface area (Å²) in [7, 11) is 0. The quantitative estimate of drug-likeness (QED) is 0.485. The van der Waals surface area contributed by atoms with Crippen molar-refractivity contribution >= 4 is 23.6 Å². The van der Waals surface area contributed by atoms with Gasteiger partial charge < -0.3 is 15.2 Å². The molecule has 0 fully saturated rings. The number of amides is 1. The van der Waals surface area contributed by atoms with E-state index in [1.807, 2.05) is 26.0 Å². The zero-order valence-corrected chi connectivity index (χ0v) is 20.2. The van der Waals surface area contributed by atoms with Gasteiger partial charge in [-0.2, -0.15) is 13.2 Å². The summed E-state index contributed by atoms with van der Waals surface area (Å²) in [4.78, 5) is 26.1. The van der Waals surface area contributed by atoms with E-state index in [1.165, 1.54) is 12.1 Å². The van der Waals surface area contributed by atoms with Gasteiger partial charge in [0.1, 0.15) is 18.4 Å². The fraction of sp³-hybridized carbons (Fsp3) is 0.440. The highest BCUT2D eigenvalue weighted by Crippen LogP contribution is 2.44. The van der Waals surface area contributed by atoms with Gasteiger partial charge in [0.2, 0.25) is 0 Å². The average molecular weight is 496 g/mol. The van der Waals surface area contributed by atoms with Crippen molar-refractivity contribution in [2.75, 3.05) is 0 Å². The van der Waals surface area contributed by atoms with E-state index in [0.717, 1.165) is 17.0 Å². The van der Waals surface area contributed by atoms with Crippen LogP contribution in [0.3, 0.4) is 0 Å². The average Bonchev–Trinajstić information content (AvgIpc) is 3.15. The lowest BCUT2D eigenvalue weighted by atomic mass is 9.81. The van der Waals surface area contributed by atoms with E-state index in [2.05, 4.69) is 5.32 Å². The Morgan fingerprint density at radius 3 is 2.41 bits per heavy atom. The summed E-state index contributed by atoms with van der Waals surface area (Å²) in [5.74, 6) is -1.53. The molecule has 0 bridgehead atoms. The first-order chi connectivity index (χ1) is 15.8. The lowest BCUT2D eigenvalue weighted by Gasteiger charge is -2.32. The maximum atomic E-state index is 13.2. The number of halogens is 3. The first kappa shape index (κ1) is 25.9. The number of alkyl halides is 3. The topological polar surface area (TPSA) is 75.6 Å². The summed E-state index contributed by atoms with van der Waals surface area (Å²) in [6.45, 7) is 7.33. The van der Waals surface area contributed by atoms with Gasteiger partial charge in [0.05, 0.1) is 17.1 Å². The number of aliphatic carboxylic acids is 1. The van der Waals surface area contributed by atoms with Gasteiger partial charge in [0.15, 0.2) is 0 Å². The molecule has 1 aromatic rings. The number of carbonyl (C=O) groups is 2. The number of nitrogens with one attached hydrogen (secondary N) is 1. The van der Waals surface area contributed by atoms with Gasteiger partial charge in [-0.3, -0.25) is 4.79 Å². The molecule has 1 aromatic carbocycles. The summed E-state index contributed by atoms with van der Waals surface area (Å²) >= 11 is 1.63. The lowest BCUT2D eigenvalue weighted by Crippen LogP contribution is -2.50. The summed E-state index contributed by atoms with van der Waals surface area (Å²) in [6.07, 6.45) is 1.63. The molecule has 1 heterocycles. The molecule has 184 valence electrons. The van der Waals surface area contributed by atoms with Gasteiger partial charge in [-0.05, 0) is 47.4 Å². The first-order valence-corrected chi connectivity index (χ1v) is 11.8. The van der Waals surface area contributed by atoms with Crippen molar-refractivity contribution in [1.82, 2.24) is 5.32 Å². The number of carbonyl (C=O) groups excluding carboxylic acids is 1. The first-order valence-electron chi connectivity index (χ1n) is 10.9. The second-order valence-corrected chi connectivity index (χ2v) is 10.5. The Morgan fingerprint density at radius 2 is 1.85 bits per heavy atom. The third-order valence-corrected chi connectivity index (χ3v) is 7.48. The van der Waals surface area contributed by atoms with Crippen molar-refractivity contribution in [2.24, 2.45) is 11.3 Å². The smallest absolute Gasteiger partial charge is 0.416 e. The Balaban J connectivity index is 1.88. The van der Waals surface area contributed by atoms with Gasteiger partial charge in [0.25, 0.3) is 5.91 Å².